The van der Waals surface area contributed by atoms with E-state index >= 15 is 0 Å². The van der Waals surface area contributed by atoms with E-state index in [-0.39, 0.29) is 0 Å². The Hall–Kier alpha value is -2.00. The summed E-state index contributed by atoms with van der Waals surface area (Å²) in [6, 6.07) is 14.5. The van der Waals surface area contributed by atoms with Crippen molar-refractivity contribution in [2.24, 2.45) is 0 Å². The summed E-state index contributed by atoms with van der Waals surface area (Å²) in [5.74, 6) is 0. The van der Waals surface area contributed by atoms with Crippen molar-refractivity contribution in [1.82, 2.24) is 4.98 Å². The van der Waals surface area contributed by atoms with Crippen molar-refractivity contribution in [1.29, 1.82) is 0 Å². The first-order chi connectivity index (χ1) is 10.3. The van der Waals surface area contributed by atoms with E-state index < -0.39 is 0 Å². The fourth-order valence-electron chi connectivity index (χ4n) is 2.59. The van der Waals surface area contributed by atoms with E-state index in [1.54, 1.807) is 11.8 Å². The molecule has 1 aromatic heterocycles. The SMILES string of the molecule is CCc1ccc2[nH]c(-c3ccc(SC)cc3)c(C=O)c2c1. The fourth-order valence-corrected chi connectivity index (χ4v) is 3.00. The number of aryl methyl sites for hydroxylation is 1. The number of carbonyl (C=O) groups excluding carboxylic acids is 1. The lowest BCUT2D eigenvalue weighted by molar-refractivity contribution is 0.112. The molecule has 0 bridgehead atoms. The van der Waals surface area contributed by atoms with Crippen LogP contribution in [0.15, 0.2) is 47.4 Å². The third kappa shape index (κ3) is 2.49. The Morgan fingerprint density at radius 3 is 2.52 bits per heavy atom. The molecule has 0 fully saturated rings. The van der Waals surface area contributed by atoms with Crippen LogP contribution in [0, 0.1) is 0 Å². The number of aldehydes is 1. The Balaban J connectivity index is 2.19. The summed E-state index contributed by atoms with van der Waals surface area (Å²) in [6.07, 6.45) is 3.98. The molecule has 0 saturated carbocycles. The van der Waals surface area contributed by atoms with Crippen LogP contribution in [0.4, 0.5) is 0 Å². The van der Waals surface area contributed by atoms with Gasteiger partial charge in [-0.05, 0) is 48.1 Å². The average Bonchev–Trinajstić information content (AvgIpc) is 2.92. The molecule has 0 saturated heterocycles. The van der Waals surface area contributed by atoms with E-state index in [0.29, 0.717) is 0 Å². The van der Waals surface area contributed by atoms with Gasteiger partial charge in [0.05, 0.1) is 5.69 Å². The second-order valence-corrected chi connectivity index (χ2v) is 5.87. The number of hydrogen-bond donors (Lipinski definition) is 1. The van der Waals surface area contributed by atoms with Gasteiger partial charge in [-0.3, -0.25) is 4.79 Å². The maximum Gasteiger partial charge on any atom is 0.152 e. The number of hydrogen-bond acceptors (Lipinski definition) is 2. The van der Waals surface area contributed by atoms with Crippen LogP contribution in [0.5, 0.6) is 0 Å². The number of nitrogens with one attached hydrogen (secondary N) is 1. The van der Waals surface area contributed by atoms with Crippen LogP contribution in [0.3, 0.4) is 0 Å². The zero-order valence-electron chi connectivity index (χ0n) is 12.1. The van der Waals surface area contributed by atoms with Crippen molar-refractivity contribution < 1.29 is 4.79 Å². The molecule has 1 heterocycles. The van der Waals surface area contributed by atoms with E-state index in [2.05, 4.69) is 60.6 Å². The summed E-state index contributed by atoms with van der Waals surface area (Å²) in [7, 11) is 0. The molecular weight excluding hydrogens is 278 g/mol. The predicted molar refractivity (Wildman–Crippen MR) is 90.3 cm³/mol. The van der Waals surface area contributed by atoms with Crippen LogP contribution in [0.1, 0.15) is 22.8 Å². The highest BCUT2D eigenvalue weighted by Crippen LogP contribution is 2.31. The average molecular weight is 295 g/mol. The Kier molecular flexibility index (Phi) is 3.84. The van der Waals surface area contributed by atoms with E-state index in [4.69, 9.17) is 0 Å². The highest BCUT2D eigenvalue weighted by atomic mass is 32.2. The molecule has 0 amide bonds. The second-order valence-electron chi connectivity index (χ2n) is 4.99. The number of benzene rings is 2. The molecule has 2 aromatic carbocycles. The van der Waals surface area contributed by atoms with E-state index in [0.717, 1.165) is 40.4 Å². The summed E-state index contributed by atoms with van der Waals surface area (Å²) in [6.45, 7) is 2.12. The lowest BCUT2D eigenvalue weighted by Crippen LogP contribution is -1.85. The van der Waals surface area contributed by atoms with Gasteiger partial charge in [0.2, 0.25) is 0 Å². The van der Waals surface area contributed by atoms with Gasteiger partial charge in [0, 0.05) is 21.4 Å². The first kappa shape index (κ1) is 14.0. The molecule has 21 heavy (non-hydrogen) atoms. The summed E-state index contributed by atoms with van der Waals surface area (Å²) in [5, 5.41) is 1.01. The zero-order valence-corrected chi connectivity index (χ0v) is 13.0. The summed E-state index contributed by atoms with van der Waals surface area (Å²) in [4.78, 5) is 16.2. The second kappa shape index (κ2) is 5.78. The standard InChI is InChI=1S/C18H17NOS/c1-3-12-4-9-17-15(10-12)16(11-20)18(19-17)13-5-7-14(21-2)8-6-13/h4-11,19H,3H2,1-2H3. The van der Waals surface area contributed by atoms with Gasteiger partial charge in [-0.2, -0.15) is 0 Å². The first-order valence-electron chi connectivity index (χ1n) is 7.01. The zero-order chi connectivity index (χ0) is 14.8. The van der Waals surface area contributed by atoms with Crippen LogP contribution in [-0.2, 0) is 6.42 Å². The van der Waals surface area contributed by atoms with Gasteiger partial charge >= 0.3 is 0 Å². The first-order valence-corrected chi connectivity index (χ1v) is 8.23. The van der Waals surface area contributed by atoms with Crippen LogP contribution < -0.4 is 0 Å². The lowest BCUT2D eigenvalue weighted by Gasteiger charge is -2.01. The van der Waals surface area contributed by atoms with Crippen molar-refractivity contribution in [2.75, 3.05) is 6.26 Å². The van der Waals surface area contributed by atoms with Gasteiger partial charge in [0.25, 0.3) is 0 Å². The lowest BCUT2D eigenvalue weighted by atomic mass is 10.0. The fraction of sp³-hybridized carbons (Fsp3) is 0.167. The number of thioether (sulfide) groups is 1. The van der Waals surface area contributed by atoms with Gasteiger partial charge in [-0.25, -0.2) is 0 Å². The molecule has 0 atom stereocenters. The molecule has 2 nitrogen and oxygen atoms in total. The largest absolute Gasteiger partial charge is 0.354 e. The molecule has 106 valence electrons. The third-order valence-electron chi connectivity index (χ3n) is 3.81. The monoisotopic (exact) mass is 295 g/mol. The number of rotatable bonds is 4. The molecule has 0 aliphatic heterocycles. The van der Waals surface area contributed by atoms with Crippen LogP contribution >= 0.6 is 11.8 Å². The highest BCUT2D eigenvalue weighted by molar-refractivity contribution is 7.98. The predicted octanol–water partition coefficient (Wildman–Crippen LogP) is 4.93. The van der Waals surface area contributed by atoms with Crippen LogP contribution in [0.25, 0.3) is 22.2 Å². The van der Waals surface area contributed by atoms with Crippen molar-refractivity contribution in [3.8, 4) is 11.3 Å². The minimum atomic E-state index is 0.747. The van der Waals surface area contributed by atoms with E-state index in [9.17, 15) is 4.79 Å². The van der Waals surface area contributed by atoms with Gasteiger partial charge in [0.15, 0.2) is 6.29 Å². The highest BCUT2D eigenvalue weighted by Gasteiger charge is 2.12. The summed E-state index contributed by atoms with van der Waals surface area (Å²) < 4.78 is 0. The topological polar surface area (TPSA) is 32.9 Å². The molecule has 0 radical (unpaired) electrons. The number of H-pyrrole nitrogens is 1. The number of fused-ring (bicyclic) bond motifs is 1. The van der Waals surface area contributed by atoms with Crippen molar-refractivity contribution in [3.05, 3.63) is 53.6 Å². The third-order valence-corrected chi connectivity index (χ3v) is 4.55. The molecule has 0 aliphatic carbocycles. The molecular formula is C18H17NOS. The van der Waals surface area contributed by atoms with E-state index in [1.165, 1.54) is 10.5 Å². The molecule has 0 unspecified atom stereocenters. The number of aromatic nitrogens is 1. The summed E-state index contributed by atoms with van der Waals surface area (Å²) >= 11 is 1.71. The molecule has 0 spiro atoms. The Bertz CT molecular complexity index is 787. The Morgan fingerprint density at radius 2 is 1.90 bits per heavy atom. The molecule has 3 heteroatoms. The molecule has 0 aliphatic rings. The maximum atomic E-state index is 11.6. The van der Waals surface area contributed by atoms with Gasteiger partial charge in [-0.15, -0.1) is 11.8 Å². The van der Waals surface area contributed by atoms with E-state index in [1.807, 2.05) is 0 Å². The normalized spacial score (nSPS) is 11.0. The molecule has 3 aromatic rings. The smallest absolute Gasteiger partial charge is 0.152 e. The van der Waals surface area contributed by atoms with Crippen LogP contribution in [-0.4, -0.2) is 17.5 Å². The van der Waals surface area contributed by atoms with Gasteiger partial charge < -0.3 is 4.98 Å². The van der Waals surface area contributed by atoms with Gasteiger partial charge in [-0.1, -0.05) is 25.1 Å². The van der Waals surface area contributed by atoms with Crippen molar-refractivity contribution in [2.45, 2.75) is 18.2 Å². The minimum Gasteiger partial charge on any atom is -0.354 e. The Labute approximate surface area is 128 Å². The molecule has 1 N–H and O–H groups in total. The van der Waals surface area contributed by atoms with Crippen molar-refractivity contribution >= 4 is 29.0 Å². The minimum absolute atomic E-state index is 0.747. The van der Waals surface area contributed by atoms with Crippen molar-refractivity contribution in [3.63, 3.8) is 0 Å². The Morgan fingerprint density at radius 1 is 1.14 bits per heavy atom. The summed E-state index contributed by atoms with van der Waals surface area (Å²) in [5.41, 5.74) is 4.95. The molecule has 3 rings (SSSR count). The maximum absolute atomic E-state index is 11.6. The number of carbonyl (C=O) groups is 1. The number of aromatic amines is 1. The van der Waals surface area contributed by atoms with Crippen LogP contribution in [0.2, 0.25) is 0 Å². The quantitative estimate of drug-likeness (QED) is 0.546. The van der Waals surface area contributed by atoms with Gasteiger partial charge in [0.1, 0.15) is 0 Å².